The van der Waals surface area contributed by atoms with Crippen LogP contribution in [0, 0.1) is 5.82 Å². The lowest BCUT2D eigenvalue weighted by atomic mass is 10.1. The third-order valence-electron chi connectivity index (χ3n) is 2.52. The summed E-state index contributed by atoms with van der Waals surface area (Å²) < 4.78 is 29.8. The molecule has 0 saturated carbocycles. The number of hydrogen-bond donors (Lipinski definition) is 2. The molecule has 0 radical (unpaired) electrons. The molecule has 0 spiro atoms. The first-order chi connectivity index (χ1) is 9.35. The summed E-state index contributed by atoms with van der Waals surface area (Å²) in [6, 6.07) is 2.19. The number of benzene rings is 1. The second kappa shape index (κ2) is 7.23. The summed E-state index contributed by atoms with van der Waals surface area (Å²) in [5.74, 6) is -0.789. The van der Waals surface area contributed by atoms with E-state index in [1.54, 1.807) is 20.1 Å². The van der Waals surface area contributed by atoms with Crippen LogP contribution in [0.5, 0.6) is 0 Å². The van der Waals surface area contributed by atoms with Crippen LogP contribution in [-0.4, -0.2) is 34.8 Å². The molecule has 112 valence electrons. The molecule has 0 aliphatic carbocycles. The van der Waals surface area contributed by atoms with Crippen molar-refractivity contribution >= 4 is 28.1 Å². The van der Waals surface area contributed by atoms with E-state index in [1.165, 1.54) is 6.07 Å². The molecule has 0 saturated heterocycles. The van der Waals surface area contributed by atoms with Gasteiger partial charge in [0.25, 0.3) is 0 Å². The van der Waals surface area contributed by atoms with Crippen molar-refractivity contribution < 1.29 is 18.1 Å². The number of nitrogens with two attached hydrogens (primary N) is 1. The van der Waals surface area contributed by atoms with Gasteiger partial charge in [0.1, 0.15) is 5.82 Å². The summed E-state index contributed by atoms with van der Waals surface area (Å²) in [7, 11) is -0.999. The van der Waals surface area contributed by atoms with Crippen molar-refractivity contribution in [2.75, 3.05) is 29.7 Å². The highest BCUT2D eigenvalue weighted by molar-refractivity contribution is 7.84. The molecule has 20 heavy (non-hydrogen) atoms. The topological polar surface area (TPSA) is 81.4 Å². The SMILES string of the molecule is CCOC(=O)c1cc(NC(C)CS(C)=O)c(F)cc1N. The van der Waals surface area contributed by atoms with Crippen LogP contribution in [0.2, 0.25) is 0 Å². The van der Waals surface area contributed by atoms with E-state index < -0.39 is 22.6 Å². The zero-order chi connectivity index (χ0) is 15.3. The number of halogens is 1. The van der Waals surface area contributed by atoms with Crippen LogP contribution < -0.4 is 11.1 Å². The molecule has 2 unspecified atom stereocenters. The minimum absolute atomic E-state index is 0.0261. The maximum Gasteiger partial charge on any atom is 0.340 e. The normalized spacial score (nSPS) is 13.6. The minimum Gasteiger partial charge on any atom is -0.462 e. The summed E-state index contributed by atoms with van der Waals surface area (Å²) in [4.78, 5) is 11.7. The van der Waals surface area contributed by atoms with E-state index in [2.05, 4.69) is 5.32 Å². The van der Waals surface area contributed by atoms with Crippen molar-refractivity contribution in [2.24, 2.45) is 0 Å². The molecule has 0 aliphatic heterocycles. The lowest BCUT2D eigenvalue weighted by Gasteiger charge is -2.16. The number of hydrogen-bond acceptors (Lipinski definition) is 5. The van der Waals surface area contributed by atoms with Gasteiger partial charge in [0.05, 0.1) is 17.9 Å². The molecule has 5 nitrogen and oxygen atoms in total. The first-order valence-corrected chi connectivity index (χ1v) is 7.90. The zero-order valence-corrected chi connectivity index (χ0v) is 12.6. The van der Waals surface area contributed by atoms with Gasteiger partial charge in [0.15, 0.2) is 0 Å². The van der Waals surface area contributed by atoms with Crippen LogP contribution in [-0.2, 0) is 15.5 Å². The van der Waals surface area contributed by atoms with Gasteiger partial charge in [-0.05, 0) is 26.0 Å². The number of ether oxygens (including phenoxy) is 1. The van der Waals surface area contributed by atoms with E-state index in [0.29, 0.717) is 5.75 Å². The standard InChI is InChI=1S/C13H19FN2O3S/c1-4-19-13(17)9-5-12(10(14)6-11(9)15)16-8(2)7-20(3)18/h5-6,8,16H,4,7,15H2,1-3H3. The minimum atomic E-state index is -0.999. The Morgan fingerprint density at radius 3 is 2.75 bits per heavy atom. The number of esters is 1. The molecule has 7 heteroatoms. The van der Waals surface area contributed by atoms with Crippen LogP contribution in [0.25, 0.3) is 0 Å². The van der Waals surface area contributed by atoms with Gasteiger partial charge in [-0.15, -0.1) is 0 Å². The third kappa shape index (κ3) is 4.48. The molecule has 0 aromatic heterocycles. The highest BCUT2D eigenvalue weighted by Gasteiger charge is 2.16. The summed E-state index contributed by atoms with van der Waals surface area (Å²) in [5.41, 5.74) is 5.89. The first kappa shape index (κ1) is 16.4. The van der Waals surface area contributed by atoms with Crippen molar-refractivity contribution in [3.8, 4) is 0 Å². The summed E-state index contributed by atoms with van der Waals surface area (Å²) in [5, 5.41) is 2.87. The van der Waals surface area contributed by atoms with Gasteiger partial charge in [-0.2, -0.15) is 0 Å². The van der Waals surface area contributed by atoms with Gasteiger partial charge in [-0.25, -0.2) is 9.18 Å². The van der Waals surface area contributed by atoms with E-state index in [1.807, 2.05) is 0 Å². The molecule has 1 aromatic rings. The number of nitrogens with one attached hydrogen (secondary N) is 1. The van der Waals surface area contributed by atoms with Gasteiger partial charge in [-0.1, -0.05) is 0 Å². The van der Waals surface area contributed by atoms with Crippen molar-refractivity contribution in [1.82, 2.24) is 0 Å². The van der Waals surface area contributed by atoms with Gasteiger partial charge in [0, 0.05) is 34.5 Å². The first-order valence-electron chi connectivity index (χ1n) is 6.17. The highest BCUT2D eigenvalue weighted by atomic mass is 32.2. The van der Waals surface area contributed by atoms with Crippen molar-refractivity contribution in [2.45, 2.75) is 19.9 Å². The lowest BCUT2D eigenvalue weighted by molar-refractivity contribution is 0.0527. The molecule has 0 fully saturated rings. The van der Waals surface area contributed by atoms with Crippen LogP contribution in [0.1, 0.15) is 24.2 Å². The van der Waals surface area contributed by atoms with E-state index in [4.69, 9.17) is 10.5 Å². The van der Waals surface area contributed by atoms with Crippen LogP contribution in [0.3, 0.4) is 0 Å². The Bertz CT molecular complexity index is 523. The monoisotopic (exact) mass is 302 g/mol. The molecule has 3 N–H and O–H groups in total. The van der Waals surface area contributed by atoms with Gasteiger partial charge >= 0.3 is 5.97 Å². The molecule has 1 rings (SSSR count). The number of carbonyl (C=O) groups excluding carboxylic acids is 1. The fourth-order valence-corrected chi connectivity index (χ4v) is 2.53. The quantitative estimate of drug-likeness (QED) is 0.618. The third-order valence-corrected chi connectivity index (χ3v) is 3.49. The Kier molecular flexibility index (Phi) is 5.94. The van der Waals surface area contributed by atoms with E-state index >= 15 is 0 Å². The van der Waals surface area contributed by atoms with Gasteiger partial charge < -0.3 is 15.8 Å². The zero-order valence-electron chi connectivity index (χ0n) is 11.7. The predicted octanol–water partition coefficient (Wildman–Crippen LogP) is 1.76. The van der Waals surface area contributed by atoms with Crippen molar-refractivity contribution in [3.05, 3.63) is 23.5 Å². The maximum absolute atomic E-state index is 13.8. The molecule has 0 bridgehead atoms. The Hall–Kier alpha value is -1.63. The summed E-state index contributed by atoms with van der Waals surface area (Å²) in [6.45, 7) is 3.67. The fraction of sp³-hybridized carbons (Fsp3) is 0.462. The van der Waals surface area contributed by atoms with Crippen LogP contribution >= 0.6 is 0 Å². The Morgan fingerprint density at radius 1 is 1.55 bits per heavy atom. The number of carbonyl (C=O) groups is 1. The van der Waals surface area contributed by atoms with Crippen molar-refractivity contribution in [1.29, 1.82) is 0 Å². The van der Waals surface area contributed by atoms with E-state index in [-0.39, 0.29) is 29.6 Å². The fourth-order valence-electron chi connectivity index (χ4n) is 1.74. The molecule has 1 aromatic carbocycles. The van der Waals surface area contributed by atoms with E-state index in [9.17, 15) is 13.4 Å². The van der Waals surface area contributed by atoms with E-state index in [0.717, 1.165) is 6.07 Å². The maximum atomic E-state index is 13.8. The Morgan fingerprint density at radius 2 is 2.20 bits per heavy atom. The molecule has 2 atom stereocenters. The lowest BCUT2D eigenvalue weighted by Crippen LogP contribution is -2.23. The van der Waals surface area contributed by atoms with Gasteiger partial charge in [-0.3, -0.25) is 4.21 Å². The van der Waals surface area contributed by atoms with Crippen LogP contribution in [0.4, 0.5) is 15.8 Å². The number of nitrogen functional groups attached to an aromatic ring is 1. The van der Waals surface area contributed by atoms with Crippen molar-refractivity contribution in [3.63, 3.8) is 0 Å². The Labute approximate surface area is 120 Å². The predicted molar refractivity (Wildman–Crippen MR) is 78.8 cm³/mol. The highest BCUT2D eigenvalue weighted by Crippen LogP contribution is 2.23. The molecule has 0 amide bonds. The number of rotatable bonds is 6. The van der Waals surface area contributed by atoms with Crippen LogP contribution in [0.15, 0.2) is 12.1 Å². The molecular weight excluding hydrogens is 283 g/mol. The second-order valence-corrected chi connectivity index (χ2v) is 5.90. The average Bonchev–Trinajstić information content (AvgIpc) is 2.31. The van der Waals surface area contributed by atoms with Gasteiger partial charge in [0.2, 0.25) is 0 Å². The molecule has 0 heterocycles. The second-order valence-electron chi connectivity index (χ2n) is 4.43. The summed E-state index contributed by atoms with van der Waals surface area (Å²) >= 11 is 0. The number of anilines is 2. The average molecular weight is 302 g/mol. The molecule has 0 aliphatic rings. The largest absolute Gasteiger partial charge is 0.462 e. The molecular formula is C13H19FN2O3S. The smallest absolute Gasteiger partial charge is 0.340 e. The summed E-state index contributed by atoms with van der Waals surface area (Å²) in [6.07, 6.45) is 1.57. The Balaban J connectivity index is 2.99.